The summed E-state index contributed by atoms with van der Waals surface area (Å²) in [6.07, 6.45) is 0.975. The third kappa shape index (κ3) is 3.70. The lowest BCUT2D eigenvalue weighted by Gasteiger charge is -2.17. The van der Waals surface area contributed by atoms with Gasteiger partial charge in [0.2, 0.25) is 0 Å². The Morgan fingerprint density at radius 1 is 0.962 bits per heavy atom. The van der Waals surface area contributed by atoms with Crippen LogP contribution in [0.5, 0.6) is 5.75 Å². The standard InChI is InChI=1S/C21H18Cl2N2O/c22-18-2-1-3-19(23)17(18)13-26-16-7-4-14(5-8-16)20-9-6-15-12-24-11-10-21(15)25-20/h1-9,24H,10-13H2. The predicted octanol–water partition coefficient (Wildman–Crippen LogP) is 5.28. The Morgan fingerprint density at radius 3 is 2.50 bits per heavy atom. The molecule has 0 unspecified atom stereocenters. The molecule has 26 heavy (non-hydrogen) atoms. The van der Waals surface area contributed by atoms with Gasteiger partial charge in [0, 0.05) is 46.4 Å². The summed E-state index contributed by atoms with van der Waals surface area (Å²) < 4.78 is 5.84. The zero-order valence-corrected chi connectivity index (χ0v) is 15.6. The second-order valence-electron chi connectivity index (χ2n) is 6.24. The summed E-state index contributed by atoms with van der Waals surface area (Å²) in [5, 5.41) is 4.59. The first-order valence-corrected chi connectivity index (χ1v) is 9.32. The average Bonchev–Trinajstić information content (AvgIpc) is 2.68. The van der Waals surface area contributed by atoms with Crippen LogP contribution in [0.25, 0.3) is 11.3 Å². The average molecular weight is 385 g/mol. The minimum atomic E-state index is 0.335. The summed E-state index contributed by atoms with van der Waals surface area (Å²) in [6, 6.07) is 17.6. The normalized spacial score (nSPS) is 13.3. The van der Waals surface area contributed by atoms with Crippen molar-refractivity contribution in [1.82, 2.24) is 10.3 Å². The van der Waals surface area contributed by atoms with Gasteiger partial charge in [-0.1, -0.05) is 35.3 Å². The molecule has 5 heteroatoms. The van der Waals surface area contributed by atoms with Crippen molar-refractivity contribution in [1.29, 1.82) is 0 Å². The maximum absolute atomic E-state index is 6.18. The van der Waals surface area contributed by atoms with Gasteiger partial charge in [0.25, 0.3) is 0 Å². The summed E-state index contributed by atoms with van der Waals surface area (Å²) in [7, 11) is 0. The number of hydrogen-bond acceptors (Lipinski definition) is 3. The molecule has 2 heterocycles. The Morgan fingerprint density at radius 2 is 1.73 bits per heavy atom. The molecular formula is C21H18Cl2N2O. The van der Waals surface area contributed by atoms with Crippen LogP contribution in [0.4, 0.5) is 0 Å². The number of nitrogens with one attached hydrogen (secondary N) is 1. The SMILES string of the molecule is Clc1cccc(Cl)c1COc1ccc(-c2ccc3c(n2)CCNC3)cc1. The second kappa shape index (κ2) is 7.67. The third-order valence-corrected chi connectivity index (χ3v) is 5.23. The molecule has 0 saturated heterocycles. The largest absolute Gasteiger partial charge is 0.489 e. The lowest BCUT2D eigenvalue weighted by atomic mass is 10.0. The Kier molecular flexibility index (Phi) is 5.11. The van der Waals surface area contributed by atoms with E-state index < -0.39 is 0 Å². The van der Waals surface area contributed by atoms with Crippen LogP contribution >= 0.6 is 23.2 Å². The van der Waals surface area contributed by atoms with Crippen molar-refractivity contribution < 1.29 is 4.74 Å². The van der Waals surface area contributed by atoms with E-state index in [-0.39, 0.29) is 0 Å². The summed E-state index contributed by atoms with van der Waals surface area (Å²) in [5.41, 5.74) is 5.34. The fraction of sp³-hybridized carbons (Fsp3) is 0.190. The van der Waals surface area contributed by atoms with Gasteiger partial charge >= 0.3 is 0 Å². The molecule has 0 radical (unpaired) electrons. The van der Waals surface area contributed by atoms with E-state index in [9.17, 15) is 0 Å². The molecular weight excluding hydrogens is 367 g/mol. The molecule has 0 spiro atoms. The van der Waals surface area contributed by atoms with Crippen molar-refractivity contribution in [3.8, 4) is 17.0 Å². The van der Waals surface area contributed by atoms with E-state index in [0.717, 1.165) is 42.1 Å². The molecule has 1 aliphatic heterocycles. The van der Waals surface area contributed by atoms with Crippen LogP contribution in [-0.2, 0) is 19.6 Å². The Hall–Kier alpha value is -2.07. The van der Waals surface area contributed by atoms with E-state index >= 15 is 0 Å². The van der Waals surface area contributed by atoms with Gasteiger partial charge in [-0.3, -0.25) is 4.98 Å². The highest BCUT2D eigenvalue weighted by Gasteiger charge is 2.11. The topological polar surface area (TPSA) is 34.1 Å². The summed E-state index contributed by atoms with van der Waals surface area (Å²) in [4.78, 5) is 4.81. The van der Waals surface area contributed by atoms with Crippen molar-refractivity contribution in [2.45, 2.75) is 19.6 Å². The van der Waals surface area contributed by atoms with E-state index in [0.29, 0.717) is 16.7 Å². The quantitative estimate of drug-likeness (QED) is 0.664. The highest BCUT2D eigenvalue weighted by Crippen LogP contribution is 2.27. The first-order chi connectivity index (χ1) is 12.7. The number of hydrogen-bond donors (Lipinski definition) is 1. The van der Waals surface area contributed by atoms with Gasteiger partial charge in [0.1, 0.15) is 12.4 Å². The van der Waals surface area contributed by atoms with E-state index in [1.165, 1.54) is 11.3 Å². The first kappa shape index (κ1) is 17.3. The van der Waals surface area contributed by atoms with E-state index in [1.807, 2.05) is 42.5 Å². The van der Waals surface area contributed by atoms with Crippen molar-refractivity contribution >= 4 is 23.2 Å². The van der Waals surface area contributed by atoms with Crippen molar-refractivity contribution in [3.05, 3.63) is 81.5 Å². The molecule has 0 atom stereocenters. The molecule has 0 saturated carbocycles. The van der Waals surface area contributed by atoms with Gasteiger partial charge in [-0.25, -0.2) is 0 Å². The van der Waals surface area contributed by atoms with E-state index in [4.69, 9.17) is 32.9 Å². The number of halogens is 2. The minimum absolute atomic E-state index is 0.335. The Balaban J connectivity index is 1.48. The number of aromatic nitrogens is 1. The van der Waals surface area contributed by atoms with Crippen molar-refractivity contribution in [2.24, 2.45) is 0 Å². The van der Waals surface area contributed by atoms with Crippen LogP contribution in [0, 0.1) is 0 Å². The lowest BCUT2D eigenvalue weighted by molar-refractivity contribution is 0.306. The Bertz CT molecular complexity index is 906. The fourth-order valence-corrected chi connectivity index (χ4v) is 3.55. The minimum Gasteiger partial charge on any atom is -0.489 e. The highest BCUT2D eigenvalue weighted by molar-refractivity contribution is 6.35. The molecule has 0 fully saturated rings. The van der Waals surface area contributed by atoms with Crippen LogP contribution in [0.15, 0.2) is 54.6 Å². The summed E-state index contributed by atoms with van der Waals surface area (Å²) in [6.45, 7) is 2.22. The molecule has 0 bridgehead atoms. The van der Waals surface area contributed by atoms with E-state index in [2.05, 4.69) is 17.4 Å². The third-order valence-electron chi connectivity index (χ3n) is 4.52. The van der Waals surface area contributed by atoms with Gasteiger partial charge in [-0.05, 0) is 48.0 Å². The van der Waals surface area contributed by atoms with Crippen LogP contribution in [0.1, 0.15) is 16.8 Å². The number of fused-ring (bicyclic) bond motifs is 1. The van der Waals surface area contributed by atoms with Crippen LogP contribution in [0.2, 0.25) is 10.0 Å². The van der Waals surface area contributed by atoms with Gasteiger partial charge in [0.05, 0.1) is 5.69 Å². The van der Waals surface area contributed by atoms with Crippen molar-refractivity contribution in [2.75, 3.05) is 6.54 Å². The maximum Gasteiger partial charge on any atom is 0.119 e. The fourth-order valence-electron chi connectivity index (χ4n) is 3.05. The molecule has 1 aromatic heterocycles. The van der Waals surface area contributed by atoms with Gasteiger partial charge in [0.15, 0.2) is 0 Å². The second-order valence-corrected chi connectivity index (χ2v) is 7.06. The number of rotatable bonds is 4. The lowest BCUT2D eigenvalue weighted by Crippen LogP contribution is -2.24. The predicted molar refractivity (Wildman–Crippen MR) is 106 cm³/mol. The van der Waals surface area contributed by atoms with Crippen LogP contribution in [0.3, 0.4) is 0 Å². The monoisotopic (exact) mass is 384 g/mol. The van der Waals surface area contributed by atoms with Gasteiger partial charge in [-0.2, -0.15) is 0 Å². The first-order valence-electron chi connectivity index (χ1n) is 8.56. The number of pyridine rings is 1. The smallest absolute Gasteiger partial charge is 0.119 e. The molecule has 3 nitrogen and oxygen atoms in total. The molecule has 1 aliphatic rings. The van der Waals surface area contributed by atoms with Crippen LogP contribution < -0.4 is 10.1 Å². The van der Waals surface area contributed by atoms with Crippen molar-refractivity contribution in [3.63, 3.8) is 0 Å². The molecule has 1 N–H and O–H groups in total. The zero-order valence-electron chi connectivity index (χ0n) is 14.1. The van der Waals surface area contributed by atoms with Gasteiger partial charge in [-0.15, -0.1) is 0 Å². The number of benzene rings is 2. The zero-order chi connectivity index (χ0) is 17.9. The summed E-state index contributed by atoms with van der Waals surface area (Å²) in [5.74, 6) is 0.770. The number of ether oxygens (including phenoxy) is 1. The van der Waals surface area contributed by atoms with E-state index in [1.54, 1.807) is 0 Å². The maximum atomic E-state index is 6.18. The molecule has 2 aromatic carbocycles. The molecule has 4 rings (SSSR count). The molecule has 3 aromatic rings. The van der Waals surface area contributed by atoms with Gasteiger partial charge < -0.3 is 10.1 Å². The molecule has 0 aliphatic carbocycles. The molecule has 0 amide bonds. The summed E-state index contributed by atoms with van der Waals surface area (Å²) >= 11 is 12.4. The Labute approximate surface area is 162 Å². The van der Waals surface area contributed by atoms with Crippen LogP contribution in [-0.4, -0.2) is 11.5 Å². The molecule has 132 valence electrons. The number of nitrogens with zero attached hydrogens (tertiary/aromatic N) is 1. The highest BCUT2D eigenvalue weighted by atomic mass is 35.5.